The molecule has 94 valence electrons. The summed E-state index contributed by atoms with van der Waals surface area (Å²) in [5.41, 5.74) is 0. The smallest absolute Gasteiger partial charge is 0.227 e. The van der Waals surface area contributed by atoms with E-state index in [1.165, 1.54) is 12.6 Å². The van der Waals surface area contributed by atoms with Crippen molar-refractivity contribution in [3.05, 3.63) is 12.0 Å². The zero-order valence-corrected chi connectivity index (χ0v) is 10.6. The Hall–Kier alpha value is -1.39. The van der Waals surface area contributed by atoms with E-state index in [-0.39, 0.29) is 5.82 Å². The molecule has 0 radical (unpaired) electrons. The van der Waals surface area contributed by atoms with Crippen molar-refractivity contribution in [3.63, 3.8) is 0 Å². The Kier molecular flexibility index (Phi) is 3.45. The number of halogens is 1. The van der Waals surface area contributed by atoms with Crippen LogP contribution in [0.1, 0.15) is 26.7 Å². The lowest BCUT2D eigenvalue weighted by atomic mass is 9.92. The molecule has 0 spiro atoms. The Morgan fingerprint density at radius 3 is 2.94 bits per heavy atom. The SMILES string of the molecule is CNc1nc(N2CCCC(C)C2C)ncc1F. The number of nitrogens with one attached hydrogen (secondary N) is 1. The number of rotatable bonds is 2. The van der Waals surface area contributed by atoms with Crippen LogP contribution in [0, 0.1) is 11.7 Å². The van der Waals surface area contributed by atoms with Crippen LogP contribution < -0.4 is 10.2 Å². The first kappa shape index (κ1) is 12.1. The van der Waals surface area contributed by atoms with E-state index in [0.717, 1.165) is 13.0 Å². The molecule has 0 saturated carbocycles. The van der Waals surface area contributed by atoms with Crippen molar-refractivity contribution >= 4 is 11.8 Å². The van der Waals surface area contributed by atoms with Crippen LogP contribution in [0.4, 0.5) is 16.2 Å². The summed E-state index contributed by atoms with van der Waals surface area (Å²) in [6.45, 7) is 5.36. The minimum Gasteiger partial charge on any atom is -0.371 e. The molecule has 4 nitrogen and oxygen atoms in total. The molecule has 0 aliphatic carbocycles. The molecule has 1 aliphatic heterocycles. The van der Waals surface area contributed by atoms with Gasteiger partial charge in [-0.1, -0.05) is 6.92 Å². The molecule has 0 amide bonds. The maximum absolute atomic E-state index is 13.3. The Morgan fingerprint density at radius 2 is 2.24 bits per heavy atom. The summed E-state index contributed by atoms with van der Waals surface area (Å²) in [4.78, 5) is 10.5. The van der Waals surface area contributed by atoms with Gasteiger partial charge in [-0.25, -0.2) is 9.37 Å². The third-order valence-electron chi connectivity index (χ3n) is 3.60. The summed E-state index contributed by atoms with van der Waals surface area (Å²) in [6, 6.07) is 0.402. The zero-order chi connectivity index (χ0) is 12.4. The average Bonchev–Trinajstić information content (AvgIpc) is 2.34. The van der Waals surface area contributed by atoms with Crippen molar-refractivity contribution in [2.24, 2.45) is 5.92 Å². The second-order valence-corrected chi connectivity index (χ2v) is 4.67. The van der Waals surface area contributed by atoms with E-state index in [4.69, 9.17) is 0 Å². The van der Waals surface area contributed by atoms with Crippen LogP contribution in [0.5, 0.6) is 0 Å². The Bertz CT molecular complexity index is 396. The zero-order valence-electron chi connectivity index (χ0n) is 10.6. The maximum atomic E-state index is 13.3. The minimum atomic E-state index is -0.408. The molecule has 0 bridgehead atoms. The Morgan fingerprint density at radius 1 is 1.47 bits per heavy atom. The van der Waals surface area contributed by atoms with Crippen molar-refractivity contribution in [1.82, 2.24) is 9.97 Å². The van der Waals surface area contributed by atoms with Crippen LogP contribution in [0.15, 0.2) is 6.20 Å². The molecule has 2 unspecified atom stereocenters. The second kappa shape index (κ2) is 4.85. The molecule has 0 aromatic carbocycles. The van der Waals surface area contributed by atoms with Crippen LogP contribution >= 0.6 is 0 Å². The largest absolute Gasteiger partial charge is 0.371 e. The highest BCUT2D eigenvalue weighted by molar-refractivity contribution is 5.43. The minimum absolute atomic E-state index is 0.264. The number of hydrogen-bond acceptors (Lipinski definition) is 4. The van der Waals surface area contributed by atoms with Gasteiger partial charge in [-0.3, -0.25) is 0 Å². The van der Waals surface area contributed by atoms with Gasteiger partial charge in [-0.05, 0) is 25.7 Å². The summed E-state index contributed by atoms with van der Waals surface area (Å²) in [5.74, 6) is 1.10. The molecule has 2 rings (SSSR count). The first-order valence-electron chi connectivity index (χ1n) is 6.10. The lowest BCUT2D eigenvalue weighted by Gasteiger charge is -2.37. The molecule has 2 heterocycles. The van der Waals surface area contributed by atoms with Crippen molar-refractivity contribution < 1.29 is 4.39 Å². The molecular weight excluding hydrogens is 219 g/mol. The maximum Gasteiger partial charge on any atom is 0.227 e. The number of piperidine rings is 1. The van der Waals surface area contributed by atoms with Crippen molar-refractivity contribution in [2.45, 2.75) is 32.7 Å². The molecule has 1 N–H and O–H groups in total. The third-order valence-corrected chi connectivity index (χ3v) is 3.60. The van der Waals surface area contributed by atoms with E-state index in [1.807, 2.05) is 0 Å². The molecule has 1 fully saturated rings. The molecule has 1 aliphatic rings. The predicted molar refractivity (Wildman–Crippen MR) is 66.7 cm³/mol. The molecule has 1 aromatic rings. The highest BCUT2D eigenvalue weighted by Crippen LogP contribution is 2.26. The summed E-state index contributed by atoms with van der Waals surface area (Å²) < 4.78 is 13.3. The van der Waals surface area contributed by atoms with E-state index in [1.54, 1.807) is 7.05 Å². The highest BCUT2D eigenvalue weighted by atomic mass is 19.1. The molecular formula is C12H19FN4. The van der Waals surface area contributed by atoms with E-state index in [9.17, 15) is 4.39 Å². The van der Waals surface area contributed by atoms with Crippen molar-refractivity contribution in [2.75, 3.05) is 23.8 Å². The number of nitrogens with zero attached hydrogens (tertiary/aromatic N) is 3. The number of aromatic nitrogens is 2. The van der Waals surface area contributed by atoms with Gasteiger partial charge >= 0.3 is 0 Å². The van der Waals surface area contributed by atoms with Gasteiger partial charge < -0.3 is 10.2 Å². The first-order valence-corrected chi connectivity index (χ1v) is 6.10. The fraction of sp³-hybridized carbons (Fsp3) is 0.667. The quantitative estimate of drug-likeness (QED) is 0.858. The number of hydrogen-bond donors (Lipinski definition) is 1. The fourth-order valence-corrected chi connectivity index (χ4v) is 2.29. The van der Waals surface area contributed by atoms with Gasteiger partial charge in [-0.15, -0.1) is 0 Å². The van der Waals surface area contributed by atoms with E-state index < -0.39 is 5.82 Å². The first-order chi connectivity index (χ1) is 8.13. The van der Waals surface area contributed by atoms with Gasteiger partial charge in [0.1, 0.15) is 0 Å². The highest BCUT2D eigenvalue weighted by Gasteiger charge is 2.26. The van der Waals surface area contributed by atoms with Crippen LogP contribution in [0.3, 0.4) is 0 Å². The van der Waals surface area contributed by atoms with E-state index in [2.05, 4.69) is 34.0 Å². The predicted octanol–water partition coefficient (Wildman–Crippen LogP) is 2.28. The summed E-state index contributed by atoms with van der Waals surface area (Å²) in [7, 11) is 1.66. The van der Waals surface area contributed by atoms with Gasteiger partial charge in [0.25, 0.3) is 0 Å². The monoisotopic (exact) mass is 238 g/mol. The van der Waals surface area contributed by atoms with E-state index in [0.29, 0.717) is 17.9 Å². The third kappa shape index (κ3) is 2.33. The average molecular weight is 238 g/mol. The normalized spacial score (nSPS) is 24.8. The molecule has 1 aromatic heterocycles. The summed E-state index contributed by atoms with van der Waals surface area (Å²) >= 11 is 0. The fourth-order valence-electron chi connectivity index (χ4n) is 2.29. The lowest BCUT2D eigenvalue weighted by Crippen LogP contribution is -2.43. The molecule has 17 heavy (non-hydrogen) atoms. The topological polar surface area (TPSA) is 41.1 Å². The summed E-state index contributed by atoms with van der Waals surface area (Å²) in [5, 5.41) is 2.75. The Balaban J connectivity index is 2.27. The second-order valence-electron chi connectivity index (χ2n) is 4.67. The van der Waals surface area contributed by atoms with Crippen LogP contribution in [-0.2, 0) is 0 Å². The Labute approximate surface area is 101 Å². The van der Waals surface area contributed by atoms with Crippen molar-refractivity contribution in [3.8, 4) is 0 Å². The molecule has 1 saturated heterocycles. The van der Waals surface area contributed by atoms with Crippen molar-refractivity contribution in [1.29, 1.82) is 0 Å². The lowest BCUT2D eigenvalue weighted by molar-refractivity contribution is 0.359. The van der Waals surface area contributed by atoms with Crippen LogP contribution in [0.2, 0.25) is 0 Å². The van der Waals surface area contributed by atoms with Gasteiger partial charge in [0.15, 0.2) is 11.6 Å². The van der Waals surface area contributed by atoms with E-state index >= 15 is 0 Å². The van der Waals surface area contributed by atoms with Gasteiger partial charge in [0.2, 0.25) is 5.95 Å². The summed E-state index contributed by atoms with van der Waals surface area (Å²) in [6.07, 6.45) is 3.61. The molecule has 5 heteroatoms. The van der Waals surface area contributed by atoms with Crippen LogP contribution in [0.25, 0.3) is 0 Å². The molecule has 2 atom stereocenters. The standard InChI is InChI=1S/C12H19FN4/c1-8-5-4-6-17(9(8)2)12-15-7-10(13)11(14-3)16-12/h7-9H,4-6H2,1-3H3,(H,14,15,16). The number of anilines is 2. The van der Waals surface area contributed by atoms with Gasteiger partial charge in [-0.2, -0.15) is 4.98 Å². The van der Waals surface area contributed by atoms with Gasteiger partial charge in [0, 0.05) is 19.6 Å². The van der Waals surface area contributed by atoms with Crippen LogP contribution in [-0.4, -0.2) is 29.6 Å². The van der Waals surface area contributed by atoms with Gasteiger partial charge in [0.05, 0.1) is 6.20 Å².